The molecule has 1 amide bonds. The van der Waals surface area contributed by atoms with Crippen LogP contribution in [0.4, 0.5) is 0 Å². The smallest absolute Gasteiger partial charge is 0.339 e. The molecule has 1 saturated heterocycles. The van der Waals surface area contributed by atoms with Gasteiger partial charge in [-0.1, -0.05) is 38.1 Å². The van der Waals surface area contributed by atoms with Gasteiger partial charge in [-0.05, 0) is 41.8 Å². The summed E-state index contributed by atoms with van der Waals surface area (Å²) in [5.41, 5.74) is 1.90. The van der Waals surface area contributed by atoms with Crippen LogP contribution in [0.2, 0.25) is 0 Å². The van der Waals surface area contributed by atoms with Crippen molar-refractivity contribution in [3.8, 4) is 10.6 Å². The Balaban J connectivity index is 1.54. The molecule has 0 N–H and O–H groups in total. The predicted octanol–water partition coefficient (Wildman–Crippen LogP) is 4.62. The van der Waals surface area contributed by atoms with Gasteiger partial charge >= 0.3 is 5.97 Å². The molecule has 29 heavy (non-hydrogen) atoms. The lowest BCUT2D eigenvalue weighted by Crippen LogP contribution is -2.44. The average Bonchev–Trinajstić information content (AvgIpc) is 3.25. The molecule has 0 spiro atoms. The Morgan fingerprint density at radius 3 is 2.62 bits per heavy atom. The summed E-state index contributed by atoms with van der Waals surface area (Å²) < 4.78 is 5.44. The third-order valence-electron chi connectivity index (χ3n) is 5.26. The van der Waals surface area contributed by atoms with Crippen molar-refractivity contribution in [1.29, 1.82) is 0 Å². The summed E-state index contributed by atoms with van der Waals surface area (Å²) in [4.78, 5) is 32.9. The van der Waals surface area contributed by atoms with E-state index in [1.807, 2.05) is 46.7 Å². The van der Waals surface area contributed by atoms with Crippen LogP contribution >= 0.6 is 11.3 Å². The van der Waals surface area contributed by atoms with Crippen LogP contribution in [0.1, 0.15) is 30.6 Å². The summed E-state index contributed by atoms with van der Waals surface area (Å²) >= 11 is 1.57. The summed E-state index contributed by atoms with van der Waals surface area (Å²) in [6.07, 6.45) is 1.12. The molecule has 3 aromatic rings. The van der Waals surface area contributed by atoms with Crippen LogP contribution in [0, 0.1) is 11.8 Å². The number of ether oxygens (including phenoxy) is 1. The minimum Gasteiger partial charge on any atom is -0.452 e. The average molecular weight is 409 g/mol. The molecular formula is C23H24N2O3S. The highest BCUT2D eigenvalue weighted by Gasteiger charge is 2.26. The minimum atomic E-state index is -0.493. The molecule has 0 radical (unpaired) electrons. The van der Waals surface area contributed by atoms with E-state index in [4.69, 9.17) is 4.74 Å². The molecule has 3 heterocycles. The molecule has 0 bridgehead atoms. The Labute approximate surface area is 174 Å². The molecule has 5 nitrogen and oxygen atoms in total. The zero-order valence-electron chi connectivity index (χ0n) is 16.6. The normalized spacial score (nSPS) is 19.3. The molecule has 1 aliphatic rings. The van der Waals surface area contributed by atoms with Crippen molar-refractivity contribution >= 4 is 34.1 Å². The second-order valence-corrected chi connectivity index (χ2v) is 8.82. The van der Waals surface area contributed by atoms with Gasteiger partial charge in [0.25, 0.3) is 5.91 Å². The number of para-hydroxylation sites is 1. The Hall–Kier alpha value is -2.73. The van der Waals surface area contributed by atoms with Gasteiger partial charge in [-0.2, -0.15) is 0 Å². The van der Waals surface area contributed by atoms with Gasteiger partial charge in [0.1, 0.15) is 0 Å². The van der Waals surface area contributed by atoms with Crippen molar-refractivity contribution in [2.24, 2.45) is 11.8 Å². The Bertz CT molecular complexity index is 1020. The number of aromatic nitrogens is 1. The number of esters is 1. The quantitative estimate of drug-likeness (QED) is 0.591. The van der Waals surface area contributed by atoms with E-state index in [9.17, 15) is 9.59 Å². The van der Waals surface area contributed by atoms with Gasteiger partial charge in [0.05, 0.1) is 21.7 Å². The zero-order valence-corrected chi connectivity index (χ0v) is 17.4. The highest BCUT2D eigenvalue weighted by atomic mass is 32.1. The topological polar surface area (TPSA) is 59.5 Å². The van der Waals surface area contributed by atoms with E-state index in [0.717, 1.165) is 41.0 Å². The lowest BCUT2D eigenvalue weighted by molar-refractivity contribution is -0.137. The summed E-state index contributed by atoms with van der Waals surface area (Å²) in [5.74, 6) is 0.313. The number of hydrogen-bond donors (Lipinski definition) is 0. The van der Waals surface area contributed by atoms with Crippen LogP contribution in [0.25, 0.3) is 21.5 Å². The fourth-order valence-corrected chi connectivity index (χ4v) is 4.74. The number of likely N-dealkylation sites (tertiary alicyclic amines) is 1. The van der Waals surface area contributed by atoms with E-state index < -0.39 is 5.97 Å². The fourth-order valence-electron chi connectivity index (χ4n) is 4.06. The van der Waals surface area contributed by atoms with Crippen LogP contribution < -0.4 is 0 Å². The molecule has 2 atom stereocenters. The fraction of sp³-hybridized carbons (Fsp3) is 0.348. The van der Waals surface area contributed by atoms with Crippen LogP contribution in [0.5, 0.6) is 0 Å². The maximum atomic E-state index is 12.9. The first-order chi connectivity index (χ1) is 14.0. The van der Waals surface area contributed by atoms with Gasteiger partial charge in [0.2, 0.25) is 0 Å². The first-order valence-corrected chi connectivity index (χ1v) is 10.8. The third-order valence-corrected chi connectivity index (χ3v) is 6.15. The standard InChI is InChI=1S/C23H24N2O3S/c1-15-10-16(2)13-25(12-15)22(26)14-28-23(27)18-11-20(21-8-5-9-29-21)24-19-7-4-3-6-17(18)19/h3-9,11,15-16H,10,12-14H2,1-2H3/t15-,16-/m0/s1. The van der Waals surface area contributed by atoms with Crippen LogP contribution in [-0.2, 0) is 9.53 Å². The Morgan fingerprint density at radius 1 is 1.14 bits per heavy atom. The van der Waals surface area contributed by atoms with Gasteiger partial charge in [-0.25, -0.2) is 9.78 Å². The maximum Gasteiger partial charge on any atom is 0.339 e. The van der Waals surface area contributed by atoms with Gasteiger partial charge in [-0.15, -0.1) is 11.3 Å². The van der Waals surface area contributed by atoms with Gasteiger partial charge in [-0.3, -0.25) is 4.79 Å². The number of pyridine rings is 1. The number of benzene rings is 1. The number of nitrogens with zero attached hydrogens (tertiary/aromatic N) is 2. The lowest BCUT2D eigenvalue weighted by atomic mass is 9.92. The number of fused-ring (bicyclic) bond motifs is 1. The maximum absolute atomic E-state index is 12.9. The molecule has 1 aliphatic heterocycles. The first kappa shape index (κ1) is 19.6. The molecule has 150 valence electrons. The highest BCUT2D eigenvalue weighted by Crippen LogP contribution is 2.28. The van der Waals surface area contributed by atoms with E-state index in [0.29, 0.717) is 17.4 Å². The van der Waals surface area contributed by atoms with E-state index in [2.05, 4.69) is 18.8 Å². The van der Waals surface area contributed by atoms with Gasteiger partial charge in [0.15, 0.2) is 6.61 Å². The number of carbonyl (C=O) groups is 2. The van der Waals surface area contributed by atoms with E-state index in [1.54, 1.807) is 17.4 Å². The monoisotopic (exact) mass is 408 g/mol. The SMILES string of the molecule is C[C@H]1C[C@H](C)CN(C(=O)COC(=O)c2cc(-c3cccs3)nc3ccccc23)C1. The first-order valence-electron chi connectivity index (χ1n) is 9.90. The minimum absolute atomic E-state index is 0.131. The molecule has 4 rings (SSSR count). The lowest BCUT2D eigenvalue weighted by Gasteiger charge is -2.34. The summed E-state index contributed by atoms with van der Waals surface area (Å²) in [6.45, 7) is 5.51. The Kier molecular flexibility index (Phi) is 5.62. The highest BCUT2D eigenvalue weighted by molar-refractivity contribution is 7.13. The largest absolute Gasteiger partial charge is 0.452 e. The molecule has 0 aliphatic carbocycles. The second kappa shape index (κ2) is 8.33. The van der Waals surface area contributed by atoms with E-state index >= 15 is 0 Å². The molecule has 2 aromatic heterocycles. The number of amides is 1. The van der Waals surface area contributed by atoms with Crippen LogP contribution in [-0.4, -0.2) is 41.5 Å². The Morgan fingerprint density at radius 2 is 1.90 bits per heavy atom. The summed E-state index contributed by atoms with van der Waals surface area (Å²) in [6, 6.07) is 13.2. The van der Waals surface area contributed by atoms with Crippen molar-refractivity contribution in [3.63, 3.8) is 0 Å². The predicted molar refractivity (Wildman–Crippen MR) is 115 cm³/mol. The number of carbonyl (C=O) groups excluding carboxylic acids is 2. The van der Waals surface area contributed by atoms with Gasteiger partial charge < -0.3 is 9.64 Å². The number of thiophene rings is 1. The van der Waals surface area contributed by atoms with Crippen molar-refractivity contribution in [2.45, 2.75) is 20.3 Å². The van der Waals surface area contributed by atoms with Crippen molar-refractivity contribution in [3.05, 3.63) is 53.4 Å². The van der Waals surface area contributed by atoms with Crippen LogP contribution in [0.3, 0.4) is 0 Å². The summed E-state index contributed by atoms with van der Waals surface area (Å²) in [7, 11) is 0. The molecule has 0 unspecified atom stereocenters. The van der Waals surface area contributed by atoms with Crippen molar-refractivity contribution in [2.75, 3.05) is 19.7 Å². The molecule has 1 aromatic carbocycles. The molecular weight excluding hydrogens is 384 g/mol. The molecule has 1 fully saturated rings. The zero-order chi connectivity index (χ0) is 20.4. The number of hydrogen-bond acceptors (Lipinski definition) is 5. The number of rotatable bonds is 4. The van der Waals surface area contributed by atoms with Crippen LogP contribution in [0.15, 0.2) is 47.8 Å². The summed E-state index contributed by atoms with van der Waals surface area (Å²) in [5, 5.41) is 2.70. The van der Waals surface area contributed by atoms with Crippen molar-refractivity contribution in [1.82, 2.24) is 9.88 Å². The molecule has 0 saturated carbocycles. The molecule has 6 heteroatoms. The third kappa shape index (κ3) is 4.32. The second-order valence-electron chi connectivity index (χ2n) is 7.87. The van der Waals surface area contributed by atoms with E-state index in [-0.39, 0.29) is 12.5 Å². The number of piperidine rings is 1. The van der Waals surface area contributed by atoms with Crippen molar-refractivity contribution < 1.29 is 14.3 Å². The van der Waals surface area contributed by atoms with Gasteiger partial charge in [0, 0.05) is 18.5 Å². The van der Waals surface area contributed by atoms with E-state index in [1.165, 1.54) is 0 Å².